The van der Waals surface area contributed by atoms with Crippen molar-refractivity contribution in [3.63, 3.8) is 0 Å². The van der Waals surface area contributed by atoms with Crippen molar-refractivity contribution in [2.45, 2.75) is 6.54 Å². The highest BCUT2D eigenvalue weighted by molar-refractivity contribution is 7.07. The molecule has 84 valence electrons. The van der Waals surface area contributed by atoms with Crippen LogP contribution in [0.4, 0.5) is 4.39 Å². The van der Waals surface area contributed by atoms with Crippen molar-refractivity contribution < 1.29 is 9.50 Å². The lowest BCUT2D eigenvalue weighted by molar-refractivity contribution is 0.366. The van der Waals surface area contributed by atoms with Gasteiger partial charge in [-0.2, -0.15) is 4.39 Å². The zero-order chi connectivity index (χ0) is 11.7. The minimum Gasteiger partial charge on any atom is -0.492 e. The summed E-state index contributed by atoms with van der Waals surface area (Å²) in [5.74, 6) is -2.36. The van der Waals surface area contributed by atoms with Gasteiger partial charge in [-0.3, -0.25) is 14.3 Å². The summed E-state index contributed by atoms with van der Waals surface area (Å²) in [5, 5.41) is 10.9. The van der Waals surface area contributed by atoms with E-state index in [9.17, 15) is 19.1 Å². The molecule has 2 N–H and O–H groups in total. The minimum absolute atomic E-state index is 0.0954. The van der Waals surface area contributed by atoms with Crippen molar-refractivity contribution in [2.75, 3.05) is 0 Å². The van der Waals surface area contributed by atoms with Gasteiger partial charge < -0.3 is 5.11 Å². The number of aromatic amines is 1. The molecule has 0 amide bonds. The summed E-state index contributed by atoms with van der Waals surface area (Å²) >= 11 is 1.30. The number of rotatable bonds is 2. The normalized spacial score (nSPS) is 10.6. The van der Waals surface area contributed by atoms with Gasteiger partial charge in [0.2, 0.25) is 11.7 Å². The van der Waals surface area contributed by atoms with Gasteiger partial charge in [0.1, 0.15) is 0 Å². The topological polar surface area (TPSA) is 88.0 Å². The van der Waals surface area contributed by atoms with E-state index >= 15 is 0 Å². The third-order valence-electron chi connectivity index (χ3n) is 1.92. The van der Waals surface area contributed by atoms with Crippen LogP contribution in [0.2, 0.25) is 0 Å². The quantitative estimate of drug-likeness (QED) is 0.770. The Morgan fingerprint density at radius 3 is 2.94 bits per heavy atom. The van der Waals surface area contributed by atoms with Crippen molar-refractivity contribution in [1.82, 2.24) is 14.5 Å². The zero-order valence-electron chi connectivity index (χ0n) is 7.81. The van der Waals surface area contributed by atoms with E-state index in [4.69, 9.17) is 0 Å². The molecule has 0 bridgehead atoms. The minimum atomic E-state index is -1.38. The largest absolute Gasteiger partial charge is 0.492 e. The SMILES string of the molecule is O=c1[nH]c(=O)n(Cc2cscn2)c(O)c1F. The van der Waals surface area contributed by atoms with Crippen LogP contribution in [0.5, 0.6) is 5.88 Å². The van der Waals surface area contributed by atoms with E-state index in [-0.39, 0.29) is 6.54 Å². The summed E-state index contributed by atoms with van der Waals surface area (Å²) < 4.78 is 13.7. The predicted octanol–water partition coefficient (Wildman–Crippen LogP) is -0.114. The molecule has 6 nitrogen and oxygen atoms in total. The van der Waals surface area contributed by atoms with E-state index in [1.165, 1.54) is 11.3 Å². The number of H-pyrrole nitrogens is 1. The molecule has 0 spiro atoms. The van der Waals surface area contributed by atoms with E-state index in [2.05, 4.69) is 4.98 Å². The van der Waals surface area contributed by atoms with Gasteiger partial charge in [-0.15, -0.1) is 11.3 Å². The zero-order valence-corrected chi connectivity index (χ0v) is 8.62. The maximum absolute atomic E-state index is 13.0. The Labute approximate surface area is 91.6 Å². The van der Waals surface area contributed by atoms with Crippen molar-refractivity contribution >= 4 is 11.3 Å². The molecule has 2 rings (SSSR count). The second-order valence-electron chi connectivity index (χ2n) is 2.96. The molecule has 0 aromatic carbocycles. The first-order chi connectivity index (χ1) is 7.59. The van der Waals surface area contributed by atoms with Gasteiger partial charge in [-0.1, -0.05) is 0 Å². The molecule has 2 heterocycles. The number of thiazole rings is 1. The second-order valence-corrected chi connectivity index (χ2v) is 3.68. The molecule has 0 aliphatic rings. The van der Waals surface area contributed by atoms with E-state index in [1.807, 2.05) is 0 Å². The molecule has 2 aromatic rings. The monoisotopic (exact) mass is 243 g/mol. The summed E-state index contributed by atoms with van der Waals surface area (Å²) in [4.78, 5) is 27.7. The van der Waals surface area contributed by atoms with E-state index in [0.29, 0.717) is 10.3 Å². The number of nitrogens with zero attached hydrogens (tertiary/aromatic N) is 2. The van der Waals surface area contributed by atoms with Crippen LogP contribution in [0.1, 0.15) is 5.69 Å². The number of hydrogen-bond donors (Lipinski definition) is 2. The molecule has 0 unspecified atom stereocenters. The Kier molecular flexibility index (Phi) is 2.57. The number of nitrogens with one attached hydrogen (secondary N) is 1. The Balaban J connectivity index is 2.53. The lowest BCUT2D eigenvalue weighted by Gasteiger charge is -2.05. The first-order valence-corrected chi connectivity index (χ1v) is 5.12. The number of aromatic hydroxyl groups is 1. The summed E-state index contributed by atoms with van der Waals surface area (Å²) in [6.45, 7) is -0.0954. The van der Waals surface area contributed by atoms with Crippen LogP contribution >= 0.6 is 11.3 Å². The molecule has 0 saturated heterocycles. The molecule has 0 fully saturated rings. The van der Waals surface area contributed by atoms with E-state index in [1.54, 1.807) is 15.9 Å². The van der Waals surface area contributed by atoms with Gasteiger partial charge in [0.25, 0.3) is 5.56 Å². The highest BCUT2D eigenvalue weighted by atomic mass is 32.1. The Morgan fingerprint density at radius 1 is 1.56 bits per heavy atom. The predicted molar refractivity (Wildman–Crippen MR) is 54.2 cm³/mol. The highest BCUT2D eigenvalue weighted by Crippen LogP contribution is 2.10. The van der Waals surface area contributed by atoms with Crippen LogP contribution in [-0.2, 0) is 6.54 Å². The molecule has 16 heavy (non-hydrogen) atoms. The second kappa shape index (κ2) is 3.89. The number of aromatic nitrogens is 3. The van der Waals surface area contributed by atoms with Crippen LogP contribution < -0.4 is 11.2 Å². The van der Waals surface area contributed by atoms with Crippen molar-refractivity contribution in [3.8, 4) is 5.88 Å². The molecule has 0 aliphatic carbocycles. The standard InChI is InChI=1S/C8H6FN3O3S/c9-5-6(13)11-8(15)12(7(5)14)1-4-2-16-3-10-4/h2-3,14H,1H2,(H,11,13,15). The van der Waals surface area contributed by atoms with Gasteiger partial charge in [0.15, 0.2) is 0 Å². The number of hydrogen-bond acceptors (Lipinski definition) is 5. The smallest absolute Gasteiger partial charge is 0.331 e. The molecule has 8 heteroatoms. The number of halogens is 1. The average Bonchev–Trinajstić information content (AvgIpc) is 2.74. The summed E-state index contributed by atoms with van der Waals surface area (Å²) in [7, 11) is 0. The van der Waals surface area contributed by atoms with E-state index in [0.717, 1.165) is 0 Å². The van der Waals surface area contributed by atoms with Crippen molar-refractivity contribution in [2.24, 2.45) is 0 Å². The summed E-state index contributed by atoms with van der Waals surface area (Å²) in [5.41, 5.74) is -0.0813. The lowest BCUT2D eigenvalue weighted by Crippen LogP contribution is -2.32. The van der Waals surface area contributed by atoms with Crippen LogP contribution in [0, 0.1) is 5.82 Å². The molecule has 0 atom stereocenters. The lowest BCUT2D eigenvalue weighted by atomic mass is 10.4. The first-order valence-electron chi connectivity index (χ1n) is 4.18. The molecule has 0 radical (unpaired) electrons. The molecule has 0 aliphatic heterocycles. The summed E-state index contributed by atoms with van der Waals surface area (Å²) in [6, 6.07) is 0. The maximum Gasteiger partial charge on any atom is 0.331 e. The molecule has 0 saturated carbocycles. The molecular formula is C8H6FN3O3S. The third kappa shape index (κ3) is 1.74. The van der Waals surface area contributed by atoms with Crippen LogP contribution in [0.25, 0.3) is 0 Å². The van der Waals surface area contributed by atoms with Crippen LogP contribution in [-0.4, -0.2) is 19.6 Å². The van der Waals surface area contributed by atoms with Gasteiger partial charge >= 0.3 is 5.69 Å². The fraction of sp³-hybridized carbons (Fsp3) is 0.125. The fourth-order valence-corrected chi connectivity index (χ4v) is 1.71. The first kappa shape index (κ1) is 10.6. The highest BCUT2D eigenvalue weighted by Gasteiger charge is 2.14. The van der Waals surface area contributed by atoms with Crippen LogP contribution in [0.3, 0.4) is 0 Å². The van der Waals surface area contributed by atoms with Crippen LogP contribution in [0.15, 0.2) is 20.5 Å². The maximum atomic E-state index is 13.0. The van der Waals surface area contributed by atoms with Gasteiger partial charge in [0.05, 0.1) is 17.7 Å². The fourth-order valence-electron chi connectivity index (χ4n) is 1.16. The van der Waals surface area contributed by atoms with Crippen molar-refractivity contribution in [1.29, 1.82) is 0 Å². The van der Waals surface area contributed by atoms with Crippen molar-refractivity contribution in [3.05, 3.63) is 43.2 Å². The Hall–Kier alpha value is -1.96. The Morgan fingerprint density at radius 2 is 2.31 bits per heavy atom. The third-order valence-corrected chi connectivity index (χ3v) is 2.56. The summed E-state index contributed by atoms with van der Waals surface area (Å²) in [6.07, 6.45) is 0. The van der Waals surface area contributed by atoms with E-state index < -0.39 is 22.9 Å². The molecule has 2 aromatic heterocycles. The molecular weight excluding hydrogens is 237 g/mol. The average molecular weight is 243 g/mol. The van der Waals surface area contributed by atoms with Gasteiger partial charge in [-0.05, 0) is 0 Å². The Bertz CT molecular complexity index is 616. The van der Waals surface area contributed by atoms with Gasteiger partial charge in [0, 0.05) is 5.38 Å². The van der Waals surface area contributed by atoms with Gasteiger partial charge in [-0.25, -0.2) is 9.78 Å².